The third-order valence-corrected chi connectivity index (χ3v) is 8.01. The Morgan fingerprint density at radius 2 is 1.36 bits per heavy atom. The molecule has 19 heteroatoms. The zero-order valence-electron chi connectivity index (χ0n) is 28.1. The summed E-state index contributed by atoms with van der Waals surface area (Å²) in [6, 6.07) is 2.16. The molecule has 6 unspecified atom stereocenters. The van der Waals surface area contributed by atoms with E-state index in [9.17, 15) is 38.4 Å². The van der Waals surface area contributed by atoms with E-state index in [0.29, 0.717) is 17.7 Å². The van der Waals surface area contributed by atoms with Gasteiger partial charge in [0.25, 0.3) is 0 Å². The highest BCUT2D eigenvalue weighted by molar-refractivity contribution is 7.98. The smallest absolute Gasteiger partial charge is 0.328 e. The minimum Gasteiger partial charge on any atom is -0.481 e. The van der Waals surface area contributed by atoms with Crippen molar-refractivity contribution in [2.24, 2.45) is 11.7 Å². The van der Waals surface area contributed by atoms with E-state index in [4.69, 9.17) is 21.1 Å². The number of hydrogen-bond acceptors (Lipinski definition) is 11. The largest absolute Gasteiger partial charge is 0.481 e. The van der Waals surface area contributed by atoms with E-state index in [1.54, 1.807) is 50.4 Å². The van der Waals surface area contributed by atoms with Crippen LogP contribution in [0.15, 0.2) is 30.3 Å². The number of rotatable bonds is 23. The summed E-state index contributed by atoms with van der Waals surface area (Å²) in [5, 5.41) is 41.4. The van der Waals surface area contributed by atoms with Crippen molar-refractivity contribution in [3.63, 3.8) is 0 Å². The standard InChI is InChI=1S/C31H47N7O11S/c1-4-17(2)26(38-24(41)15-33-27(44)19(32)13-25(42)43)30(47)37-21(12-18-8-6-5-7-9-18)29(46)36-20(10-11-50-3)28(45)34-14-23(40)35-22(16-39)31(48)49/h5-9,17,19-22,26,39H,4,10-16,32H2,1-3H3,(H,33,44)(H,34,45)(H,35,40)(H,36,46)(H,37,47)(H,38,41)(H,42,43)(H,48,49). The van der Waals surface area contributed by atoms with E-state index < -0.39 is 110 Å². The first-order chi connectivity index (χ1) is 23.6. The average molecular weight is 726 g/mol. The Morgan fingerprint density at radius 1 is 0.780 bits per heavy atom. The number of carboxylic acid groups (broad SMARTS) is 2. The molecule has 0 saturated heterocycles. The molecule has 0 spiro atoms. The average Bonchev–Trinajstić information content (AvgIpc) is 3.08. The van der Waals surface area contributed by atoms with Gasteiger partial charge < -0.3 is 53.0 Å². The van der Waals surface area contributed by atoms with Crippen LogP contribution >= 0.6 is 11.8 Å². The van der Waals surface area contributed by atoms with E-state index in [1.807, 2.05) is 0 Å². The van der Waals surface area contributed by atoms with Crippen LogP contribution in [-0.4, -0.2) is 125 Å². The van der Waals surface area contributed by atoms with Crippen LogP contribution in [-0.2, 0) is 44.8 Å². The van der Waals surface area contributed by atoms with Crippen LogP contribution in [0, 0.1) is 5.92 Å². The number of nitrogens with two attached hydrogens (primary N) is 1. The maximum absolute atomic E-state index is 13.7. The van der Waals surface area contributed by atoms with Gasteiger partial charge in [0, 0.05) is 6.42 Å². The maximum Gasteiger partial charge on any atom is 0.328 e. The molecule has 0 fully saturated rings. The lowest BCUT2D eigenvalue weighted by Crippen LogP contribution is -2.59. The molecular weight excluding hydrogens is 678 g/mol. The molecule has 1 aromatic carbocycles. The number of amides is 6. The van der Waals surface area contributed by atoms with Gasteiger partial charge in [-0.3, -0.25) is 33.6 Å². The van der Waals surface area contributed by atoms with Crippen molar-refractivity contribution in [3.8, 4) is 0 Å². The molecule has 278 valence electrons. The number of carboxylic acids is 2. The summed E-state index contributed by atoms with van der Waals surface area (Å²) < 4.78 is 0. The third kappa shape index (κ3) is 16.1. The van der Waals surface area contributed by atoms with Crippen LogP contribution in [0.1, 0.15) is 38.7 Å². The fourth-order valence-corrected chi connectivity index (χ4v) is 4.80. The number of thioether (sulfide) groups is 1. The van der Waals surface area contributed by atoms with Gasteiger partial charge in [0.1, 0.15) is 24.2 Å². The third-order valence-electron chi connectivity index (χ3n) is 7.36. The molecule has 0 bridgehead atoms. The van der Waals surface area contributed by atoms with E-state index in [-0.39, 0.29) is 12.8 Å². The monoisotopic (exact) mass is 725 g/mol. The molecule has 0 heterocycles. The molecule has 18 nitrogen and oxygen atoms in total. The van der Waals surface area contributed by atoms with Crippen LogP contribution < -0.4 is 37.6 Å². The molecule has 50 heavy (non-hydrogen) atoms. The van der Waals surface area contributed by atoms with Gasteiger partial charge in [-0.2, -0.15) is 11.8 Å². The lowest BCUT2D eigenvalue weighted by atomic mass is 9.97. The Labute approximate surface area is 293 Å². The summed E-state index contributed by atoms with van der Waals surface area (Å²) in [5.74, 6) is -7.53. The van der Waals surface area contributed by atoms with Gasteiger partial charge in [-0.15, -0.1) is 0 Å². The van der Waals surface area contributed by atoms with Gasteiger partial charge >= 0.3 is 11.9 Å². The molecule has 0 aliphatic carbocycles. The first kappa shape index (κ1) is 43.3. The van der Waals surface area contributed by atoms with Crippen molar-refractivity contribution in [2.45, 2.75) is 69.7 Å². The molecule has 6 atom stereocenters. The van der Waals surface area contributed by atoms with E-state index in [1.165, 1.54) is 11.8 Å². The van der Waals surface area contributed by atoms with Crippen LogP contribution in [0.2, 0.25) is 0 Å². The van der Waals surface area contributed by atoms with Crippen molar-refractivity contribution in [2.75, 3.05) is 31.7 Å². The molecular formula is C31H47N7O11S. The number of carbonyl (C=O) groups excluding carboxylic acids is 6. The van der Waals surface area contributed by atoms with Crippen molar-refractivity contribution in [1.82, 2.24) is 31.9 Å². The number of carbonyl (C=O) groups is 8. The molecule has 0 aliphatic heterocycles. The Hall–Kier alpha value is -4.75. The number of aliphatic hydroxyl groups excluding tert-OH is 1. The molecule has 6 amide bonds. The van der Waals surface area contributed by atoms with E-state index >= 15 is 0 Å². The van der Waals surface area contributed by atoms with E-state index in [2.05, 4.69) is 31.9 Å². The minimum absolute atomic E-state index is 0.00584. The van der Waals surface area contributed by atoms with Crippen molar-refractivity contribution in [3.05, 3.63) is 35.9 Å². The Morgan fingerprint density at radius 3 is 1.90 bits per heavy atom. The second-order valence-electron chi connectivity index (χ2n) is 11.3. The first-order valence-corrected chi connectivity index (χ1v) is 17.1. The van der Waals surface area contributed by atoms with Crippen LogP contribution in [0.4, 0.5) is 0 Å². The molecule has 0 radical (unpaired) electrons. The number of nitrogens with one attached hydrogen (secondary N) is 6. The summed E-state index contributed by atoms with van der Waals surface area (Å²) in [6.07, 6.45) is 1.69. The second-order valence-corrected chi connectivity index (χ2v) is 12.3. The highest BCUT2D eigenvalue weighted by Gasteiger charge is 2.32. The minimum atomic E-state index is -1.57. The second kappa shape index (κ2) is 22.8. The van der Waals surface area contributed by atoms with Gasteiger partial charge in [-0.05, 0) is 29.9 Å². The molecule has 0 saturated carbocycles. The van der Waals surface area contributed by atoms with Gasteiger partial charge in [0.05, 0.1) is 32.2 Å². The maximum atomic E-state index is 13.7. The fraction of sp³-hybridized carbons (Fsp3) is 0.548. The first-order valence-electron chi connectivity index (χ1n) is 15.7. The van der Waals surface area contributed by atoms with Crippen molar-refractivity contribution in [1.29, 1.82) is 0 Å². The molecule has 0 aromatic heterocycles. The summed E-state index contributed by atoms with van der Waals surface area (Å²) in [5.41, 5.74) is 6.18. The molecule has 0 aliphatic rings. The van der Waals surface area contributed by atoms with Gasteiger partial charge in [-0.1, -0.05) is 50.6 Å². The normalized spacial score (nSPS) is 14.3. The Bertz CT molecular complexity index is 1340. The van der Waals surface area contributed by atoms with Gasteiger partial charge in [-0.25, -0.2) is 4.79 Å². The van der Waals surface area contributed by atoms with Crippen molar-refractivity contribution >= 4 is 59.1 Å². The predicted molar refractivity (Wildman–Crippen MR) is 181 cm³/mol. The number of aliphatic hydroxyl groups is 1. The van der Waals surface area contributed by atoms with Crippen LogP contribution in [0.25, 0.3) is 0 Å². The lowest BCUT2D eigenvalue weighted by Gasteiger charge is -2.28. The zero-order chi connectivity index (χ0) is 37.8. The Kier molecular flexibility index (Phi) is 19.7. The number of hydrogen-bond donors (Lipinski definition) is 10. The number of aliphatic carboxylic acids is 2. The van der Waals surface area contributed by atoms with Crippen LogP contribution in [0.3, 0.4) is 0 Å². The molecule has 11 N–H and O–H groups in total. The SMILES string of the molecule is CCC(C)C(NC(=O)CNC(=O)C(N)CC(=O)O)C(=O)NC(Cc1ccccc1)C(=O)NC(CCSC)C(=O)NCC(=O)NC(CO)C(=O)O. The zero-order valence-corrected chi connectivity index (χ0v) is 28.9. The fourth-order valence-electron chi connectivity index (χ4n) is 4.32. The highest BCUT2D eigenvalue weighted by atomic mass is 32.2. The molecule has 1 rings (SSSR count). The predicted octanol–water partition coefficient (Wildman–Crippen LogP) is -2.92. The number of benzene rings is 1. The Balaban J connectivity index is 3.13. The highest BCUT2D eigenvalue weighted by Crippen LogP contribution is 2.11. The van der Waals surface area contributed by atoms with Crippen molar-refractivity contribution < 1.29 is 53.7 Å². The molecule has 1 aromatic rings. The quantitative estimate of drug-likeness (QED) is 0.0542. The summed E-state index contributed by atoms with van der Waals surface area (Å²) in [7, 11) is 0. The lowest BCUT2D eigenvalue weighted by molar-refractivity contribution is -0.143. The summed E-state index contributed by atoms with van der Waals surface area (Å²) in [6.45, 7) is 1.37. The van der Waals surface area contributed by atoms with Gasteiger partial charge in [0.2, 0.25) is 35.4 Å². The van der Waals surface area contributed by atoms with Gasteiger partial charge in [0.15, 0.2) is 0 Å². The van der Waals surface area contributed by atoms with Crippen LogP contribution in [0.5, 0.6) is 0 Å². The van der Waals surface area contributed by atoms with E-state index in [0.717, 1.165) is 0 Å². The summed E-state index contributed by atoms with van der Waals surface area (Å²) in [4.78, 5) is 99.2. The summed E-state index contributed by atoms with van der Waals surface area (Å²) >= 11 is 1.39. The topological polar surface area (TPSA) is 295 Å².